The van der Waals surface area contributed by atoms with E-state index in [1.54, 1.807) is 0 Å². The molecule has 0 bridgehead atoms. The van der Waals surface area contributed by atoms with Crippen molar-refractivity contribution in [2.45, 2.75) is 52.5 Å². The molecular formula is C16H27N3O2. The molecule has 21 heavy (non-hydrogen) atoms. The van der Waals surface area contributed by atoms with E-state index in [0.29, 0.717) is 12.5 Å². The lowest BCUT2D eigenvalue weighted by atomic mass is 9.66. The number of hydrogen-bond acceptors (Lipinski definition) is 3. The van der Waals surface area contributed by atoms with Crippen molar-refractivity contribution in [3.63, 3.8) is 0 Å². The minimum absolute atomic E-state index is 0.000903. The first-order valence-electron chi connectivity index (χ1n) is 7.91. The number of aromatic nitrogens is 2. The van der Waals surface area contributed by atoms with Crippen LogP contribution in [0.4, 0.5) is 0 Å². The van der Waals surface area contributed by atoms with Crippen molar-refractivity contribution >= 4 is 0 Å². The van der Waals surface area contributed by atoms with Crippen LogP contribution in [0.5, 0.6) is 0 Å². The van der Waals surface area contributed by atoms with Gasteiger partial charge in [-0.3, -0.25) is 14.7 Å². The first-order chi connectivity index (χ1) is 9.89. The molecule has 0 saturated heterocycles. The van der Waals surface area contributed by atoms with E-state index < -0.39 is 0 Å². The van der Waals surface area contributed by atoms with Gasteiger partial charge in [-0.05, 0) is 43.1 Å². The Morgan fingerprint density at radius 2 is 2.05 bits per heavy atom. The van der Waals surface area contributed by atoms with Crippen LogP contribution in [0.3, 0.4) is 0 Å². The van der Waals surface area contributed by atoms with Gasteiger partial charge < -0.3 is 5.73 Å². The van der Waals surface area contributed by atoms with Crippen molar-refractivity contribution in [1.82, 2.24) is 9.78 Å². The van der Waals surface area contributed by atoms with Gasteiger partial charge in [0.2, 0.25) is 0 Å². The number of H-pyrrole nitrogens is 1. The van der Waals surface area contributed by atoms with Crippen molar-refractivity contribution < 1.29 is 0 Å². The second-order valence-electron chi connectivity index (χ2n) is 6.93. The Labute approximate surface area is 125 Å². The lowest BCUT2D eigenvalue weighted by Gasteiger charge is -2.43. The lowest BCUT2D eigenvalue weighted by molar-refractivity contribution is 0.0825. The highest BCUT2D eigenvalue weighted by molar-refractivity contribution is 4.93. The highest BCUT2D eigenvalue weighted by atomic mass is 16.1. The molecule has 3 atom stereocenters. The summed E-state index contributed by atoms with van der Waals surface area (Å²) in [6.07, 6.45) is 4.17. The molecule has 3 unspecified atom stereocenters. The summed E-state index contributed by atoms with van der Waals surface area (Å²) < 4.78 is 1.51. The Morgan fingerprint density at radius 3 is 2.67 bits per heavy atom. The van der Waals surface area contributed by atoms with E-state index in [9.17, 15) is 9.59 Å². The predicted molar refractivity (Wildman–Crippen MR) is 84.3 cm³/mol. The van der Waals surface area contributed by atoms with E-state index in [4.69, 9.17) is 5.73 Å². The van der Waals surface area contributed by atoms with Gasteiger partial charge in [0, 0.05) is 12.1 Å². The Kier molecular flexibility index (Phi) is 4.71. The highest BCUT2D eigenvalue weighted by Gasteiger charge is 2.38. The lowest BCUT2D eigenvalue weighted by Crippen LogP contribution is -2.42. The molecule has 1 aliphatic rings. The summed E-state index contributed by atoms with van der Waals surface area (Å²) in [4.78, 5) is 23.7. The number of hydrogen-bond donors (Lipinski definition) is 2. The summed E-state index contributed by atoms with van der Waals surface area (Å²) in [6.45, 7) is 7.33. The summed E-state index contributed by atoms with van der Waals surface area (Å²) in [7, 11) is 0. The van der Waals surface area contributed by atoms with Crippen molar-refractivity contribution in [2.24, 2.45) is 23.0 Å². The molecule has 1 aromatic heterocycles. The maximum Gasteiger partial charge on any atom is 0.265 e. The number of nitrogens with zero attached hydrogens (tertiary/aromatic N) is 1. The van der Waals surface area contributed by atoms with Gasteiger partial charge in [-0.25, -0.2) is 4.68 Å². The van der Waals surface area contributed by atoms with Crippen LogP contribution in [0.15, 0.2) is 21.7 Å². The minimum atomic E-state index is -0.234. The zero-order chi connectivity index (χ0) is 15.6. The van der Waals surface area contributed by atoms with E-state index in [2.05, 4.69) is 25.9 Å². The van der Waals surface area contributed by atoms with Gasteiger partial charge in [0.25, 0.3) is 11.1 Å². The van der Waals surface area contributed by atoms with Gasteiger partial charge in [0.15, 0.2) is 0 Å². The summed E-state index contributed by atoms with van der Waals surface area (Å²) in [5, 5.41) is 2.69. The topological polar surface area (TPSA) is 80.9 Å². The molecule has 0 aromatic carbocycles. The molecule has 5 heteroatoms. The fourth-order valence-corrected chi connectivity index (χ4v) is 3.48. The van der Waals surface area contributed by atoms with E-state index >= 15 is 0 Å². The number of aromatic amines is 1. The molecule has 1 aromatic rings. The second kappa shape index (κ2) is 6.18. The van der Waals surface area contributed by atoms with Crippen LogP contribution in [-0.4, -0.2) is 16.3 Å². The van der Waals surface area contributed by atoms with Gasteiger partial charge >= 0.3 is 0 Å². The smallest absolute Gasteiger partial charge is 0.265 e. The third-order valence-corrected chi connectivity index (χ3v) is 5.45. The van der Waals surface area contributed by atoms with Crippen LogP contribution in [0.25, 0.3) is 0 Å². The molecule has 0 radical (unpaired) electrons. The van der Waals surface area contributed by atoms with Gasteiger partial charge in [-0.15, -0.1) is 0 Å². The molecule has 118 valence electrons. The first-order valence-corrected chi connectivity index (χ1v) is 7.91. The largest absolute Gasteiger partial charge is 0.330 e. The van der Waals surface area contributed by atoms with Gasteiger partial charge in [0.05, 0.1) is 6.04 Å². The minimum Gasteiger partial charge on any atom is -0.330 e. The van der Waals surface area contributed by atoms with Crippen molar-refractivity contribution in [2.75, 3.05) is 6.54 Å². The van der Waals surface area contributed by atoms with E-state index in [0.717, 1.165) is 25.7 Å². The number of rotatable bonds is 4. The zero-order valence-corrected chi connectivity index (χ0v) is 13.3. The average molecular weight is 293 g/mol. The average Bonchev–Trinajstić information content (AvgIpc) is 2.49. The fraction of sp³-hybridized carbons (Fsp3) is 0.750. The summed E-state index contributed by atoms with van der Waals surface area (Å²) in [6, 6.07) is 2.63. The van der Waals surface area contributed by atoms with Crippen molar-refractivity contribution in [1.29, 1.82) is 0 Å². The predicted octanol–water partition coefficient (Wildman–Crippen LogP) is 1.89. The van der Waals surface area contributed by atoms with Crippen molar-refractivity contribution in [3.8, 4) is 0 Å². The molecular weight excluding hydrogens is 266 g/mol. The summed E-state index contributed by atoms with van der Waals surface area (Å²) >= 11 is 0. The summed E-state index contributed by atoms with van der Waals surface area (Å²) in [5.74, 6) is 0.801. The summed E-state index contributed by atoms with van der Waals surface area (Å²) in [5.41, 5.74) is 5.77. The third-order valence-electron chi connectivity index (χ3n) is 5.45. The van der Waals surface area contributed by atoms with E-state index in [-0.39, 0.29) is 28.5 Å². The Bertz CT molecular complexity index is 588. The highest BCUT2D eigenvalue weighted by Crippen LogP contribution is 2.45. The SMILES string of the molecule is CCC(C)(C)C1CCC(CN)C(n2[nH]c(=O)ccc2=O)C1. The number of nitrogens with two attached hydrogens (primary N) is 1. The van der Waals surface area contributed by atoms with Crippen LogP contribution in [-0.2, 0) is 0 Å². The second-order valence-corrected chi connectivity index (χ2v) is 6.93. The quantitative estimate of drug-likeness (QED) is 0.889. The molecule has 0 aliphatic heterocycles. The van der Waals surface area contributed by atoms with Gasteiger partial charge in [0.1, 0.15) is 0 Å². The van der Waals surface area contributed by atoms with Crippen LogP contribution >= 0.6 is 0 Å². The molecule has 3 N–H and O–H groups in total. The first kappa shape index (κ1) is 16.0. The molecule has 1 saturated carbocycles. The van der Waals surface area contributed by atoms with Crippen LogP contribution in [0.1, 0.15) is 52.5 Å². The maximum atomic E-state index is 12.1. The molecule has 1 heterocycles. The molecule has 0 amide bonds. The van der Waals surface area contributed by atoms with Crippen LogP contribution in [0.2, 0.25) is 0 Å². The van der Waals surface area contributed by atoms with E-state index in [1.165, 1.54) is 16.8 Å². The van der Waals surface area contributed by atoms with Crippen LogP contribution < -0.4 is 16.9 Å². The van der Waals surface area contributed by atoms with Gasteiger partial charge in [-0.2, -0.15) is 0 Å². The normalized spacial score (nSPS) is 26.8. The Balaban J connectivity index is 2.35. The monoisotopic (exact) mass is 293 g/mol. The third kappa shape index (κ3) is 3.28. The Morgan fingerprint density at radius 1 is 1.33 bits per heavy atom. The molecule has 0 spiro atoms. The standard InChI is InChI=1S/C16H27N3O2/c1-4-16(2,3)12-6-5-11(10-17)13(9-12)19-15(21)8-7-14(20)18-19/h7-8,11-13H,4-6,9-10,17H2,1-3H3,(H,18,20). The Hall–Kier alpha value is -1.36. The number of nitrogens with one attached hydrogen (secondary N) is 1. The van der Waals surface area contributed by atoms with Crippen molar-refractivity contribution in [3.05, 3.63) is 32.8 Å². The molecule has 1 fully saturated rings. The molecule has 5 nitrogen and oxygen atoms in total. The zero-order valence-electron chi connectivity index (χ0n) is 13.3. The fourth-order valence-electron chi connectivity index (χ4n) is 3.48. The molecule has 2 rings (SSSR count). The van der Waals surface area contributed by atoms with Gasteiger partial charge in [-0.1, -0.05) is 27.2 Å². The van der Waals surface area contributed by atoms with E-state index in [1.807, 2.05) is 0 Å². The maximum absolute atomic E-state index is 12.1. The molecule has 1 aliphatic carbocycles. The van der Waals surface area contributed by atoms with Crippen LogP contribution in [0, 0.1) is 17.3 Å².